The highest BCUT2D eigenvalue weighted by molar-refractivity contribution is 5.95. The van der Waals surface area contributed by atoms with Crippen molar-refractivity contribution in [1.29, 1.82) is 0 Å². The minimum absolute atomic E-state index is 0.322. The number of hydrogen-bond acceptors (Lipinski definition) is 5. The largest absolute Gasteiger partial charge is 0.478 e. The van der Waals surface area contributed by atoms with E-state index in [4.69, 9.17) is 4.74 Å². The highest BCUT2D eigenvalue weighted by Gasteiger charge is 2.29. The summed E-state index contributed by atoms with van der Waals surface area (Å²) in [7, 11) is 1.69. The van der Waals surface area contributed by atoms with Gasteiger partial charge < -0.3 is 14.7 Å². The van der Waals surface area contributed by atoms with Crippen molar-refractivity contribution in [3.63, 3.8) is 0 Å². The molecule has 1 fully saturated rings. The Morgan fingerprint density at radius 1 is 1.38 bits per heavy atom. The third-order valence-electron chi connectivity index (χ3n) is 4.03. The van der Waals surface area contributed by atoms with E-state index in [1.54, 1.807) is 7.11 Å². The molecule has 1 aromatic heterocycles. The van der Waals surface area contributed by atoms with Gasteiger partial charge in [0.05, 0.1) is 12.3 Å². The van der Waals surface area contributed by atoms with Gasteiger partial charge in [-0.05, 0) is 24.8 Å². The molecule has 1 unspecified atom stereocenters. The van der Waals surface area contributed by atoms with E-state index in [0.29, 0.717) is 36.7 Å². The number of rotatable bonds is 6. The highest BCUT2D eigenvalue weighted by Crippen LogP contribution is 2.28. The van der Waals surface area contributed by atoms with E-state index >= 15 is 0 Å². The molecule has 0 aromatic carbocycles. The fourth-order valence-corrected chi connectivity index (χ4v) is 3.01. The van der Waals surface area contributed by atoms with E-state index in [1.807, 2.05) is 18.7 Å². The second-order valence-corrected chi connectivity index (χ2v) is 5.39. The summed E-state index contributed by atoms with van der Waals surface area (Å²) in [6.45, 7) is 6.21. The van der Waals surface area contributed by atoms with Gasteiger partial charge in [-0.25, -0.2) is 4.79 Å². The molecule has 0 aliphatic carbocycles. The normalized spacial score (nSPS) is 18.2. The number of aryl methyl sites for hydroxylation is 1. The van der Waals surface area contributed by atoms with Gasteiger partial charge in [0.25, 0.3) is 0 Å². The van der Waals surface area contributed by atoms with Crippen LogP contribution in [0.25, 0.3) is 0 Å². The van der Waals surface area contributed by atoms with Crippen LogP contribution in [0.1, 0.15) is 41.9 Å². The fourth-order valence-electron chi connectivity index (χ4n) is 3.01. The second-order valence-electron chi connectivity index (χ2n) is 5.39. The number of anilines is 1. The molecule has 1 aliphatic heterocycles. The Labute approximate surface area is 125 Å². The van der Waals surface area contributed by atoms with Crippen LogP contribution in [0.3, 0.4) is 0 Å². The third kappa shape index (κ3) is 3.15. The van der Waals surface area contributed by atoms with Crippen LogP contribution in [0.5, 0.6) is 0 Å². The molecular weight excluding hydrogens is 270 g/mol. The maximum atomic E-state index is 11.7. The van der Waals surface area contributed by atoms with E-state index in [-0.39, 0.29) is 0 Å². The van der Waals surface area contributed by atoms with E-state index in [9.17, 15) is 9.90 Å². The molecule has 6 heteroatoms. The van der Waals surface area contributed by atoms with Crippen molar-refractivity contribution in [3.05, 3.63) is 16.8 Å². The van der Waals surface area contributed by atoms with Crippen LogP contribution in [-0.2, 0) is 17.6 Å². The smallest absolute Gasteiger partial charge is 0.339 e. The molecular formula is C15H23N3O3. The van der Waals surface area contributed by atoms with E-state index in [2.05, 4.69) is 10.2 Å². The van der Waals surface area contributed by atoms with Crippen molar-refractivity contribution in [3.8, 4) is 0 Å². The zero-order valence-corrected chi connectivity index (χ0v) is 12.9. The average Bonchev–Trinajstić information content (AvgIpc) is 2.94. The Kier molecular flexibility index (Phi) is 5.12. The lowest BCUT2D eigenvalue weighted by Crippen LogP contribution is -2.26. The number of carboxylic acids is 1. The minimum Gasteiger partial charge on any atom is -0.478 e. The van der Waals surface area contributed by atoms with Crippen LogP contribution >= 0.6 is 0 Å². The predicted octanol–water partition coefficient (Wildman–Crippen LogP) is 1.77. The third-order valence-corrected chi connectivity index (χ3v) is 4.03. The SMILES string of the molecule is CCc1nnc(N2CCC(COC)C2)c(C(=O)O)c1CC. The minimum atomic E-state index is -0.915. The van der Waals surface area contributed by atoms with Gasteiger partial charge in [-0.15, -0.1) is 5.10 Å². The summed E-state index contributed by atoms with van der Waals surface area (Å²) >= 11 is 0. The lowest BCUT2D eigenvalue weighted by molar-refractivity contribution is 0.0695. The monoisotopic (exact) mass is 293 g/mol. The molecule has 1 atom stereocenters. The maximum absolute atomic E-state index is 11.7. The van der Waals surface area contributed by atoms with Crippen LogP contribution < -0.4 is 4.90 Å². The first-order valence-corrected chi connectivity index (χ1v) is 7.47. The van der Waals surface area contributed by atoms with Crippen molar-refractivity contribution in [2.24, 2.45) is 5.92 Å². The number of carbonyl (C=O) groups is 1. The van der Waals surface area contributed by atoms with Gasteiger partial charge in [-0.2, -0.15) is 5.10 Å². The van der Waals surface area contributed by atoms with Crippen LogP contribution in [0, 0.1) is 5.92 Å². The lowest BCUT2D eigenvalue weighted by Gasteiger charge is -2.21. The molecule has 1 N–H and O–H groups in total. The molecule has 0 saturated carbocycles. The summed E-state index contributed by atoms with van der Waals surface area (Å²) in [5.41, 5.74) is 1.92. The van der Waals surface area contributed by atoms with Gasteiger partial charge in [0.1, 0.15) is 5.56 Å². The topological polar surface area (TPSA) is 75.5 Å². The molecule has 0 radical (unpaired) electrons. The van der Waals surface area contributed by atoms with Crippen LogP contribution in [-0.4, -0.2) is 48.1 Å². The van der Waals surface area contributed by atoms with Gasteiger partial charge >= 0.3 is 5.97 Å². The van der Waals surface area contributed by atoms with Crippen molar-refractivity contribution < 1.29 is 14.6 Å². The molecule has 6 nitrogen and oxygen atoms in total. The standard InChI is InChI=1S/C15H23N3O3/c1-4-11-12(5-2)16-17-14(13(11)15(19)20)18-7-6-10(8-18)9-21-3/h10H,4-9H2,1-3H3,(H,19,20). The van der Waals surface area contributed by atoms with Crippen LogP contribution in [0.15, 0.2) is 0 Å². The van der Waals surface area contributed by atoms with Crippen molar-refractivity contribution in [2.45, 2.75) is 33.1 Å². The van der Waals surface area contributed by atoms with Gasteiger partial charge in [0.2, 0.25) is 0 Å². The zero-order valence-electron chi connectivity index (χ0n) is 12.9. The quantitative estimate of drug-likeness (QED) is 0.861. The summed E-state index contributed by atoms with van der Waals surface area (Å²) in [6.07, 6.45) is 2.34. The van der Waals surface area contributed by atoms with E-state index in [0.717, 1.165) is 30.8 Å². The average molecular weight is 293 g/mol. The first-order valence-electron chi connectivity index (χ1n) is 7.47. The number of carboxylic acid groups (broad SMARTS) is 1. The maximum Gasteiger partial charge on any atom is 0.339 e. The van der Waals surface area contributed by atoms with Gasteiger partial charge in [-0.3, -0.25) is 0 Å². The predicted molar refractivity (Wildman–Crippen MR) is 79.9 cm³/mol. The van der Waals surface area contributed by atoms with Crippen molar-refractivity contribution in [2.75, 3.05) is 31.7 Å². The van der Waals surface area contributed by atoms with E-state index < -0.39 is 5.97 Å². The molecule has 2 heterocycles. The van der Waals surface area contributed by atoms with E-state index in [1.165, 1.54) is 0 Å². The number of aromatic carboxylic acids is 1. The van der Waals surface area contributed by atoms with Crippen LogP contribution in [0.2, 0.25) is 0 Å². The van der Waals surface area contributed by atoms with Gasteiger partial charge in [0.15, 0.2) is 5.82 Å². The Morgan fingerprint density at radius 2 is 2.14 bits per heavy atom. The van der Waals surface area contributed by atoms with Gasteiger partial charge in [-0.1, -0.05) is 13.8 Å². The first-order chi connectivity index (χ1) is 10.1. The second kappa shape index (κ2) is 6.85. The Hall–Kier alpha value is -1.69. The molecule has 0 spiro atoms. The summed E-state index contributed by atoms with van der Waals surface area (Å²) in [5, 5.41) is 18.1. The summed E-state index contributed by atoms with van der Waals surface area (Å²) in [6, 6.07) is 0. The molecule has 1 aromatic rings. The molecule has 1 saturated heterocycles. The summed E-state index contributed by atoms with van der Waals surface area (Å²) in [4.78, 5) is 13.7. The Morgan fingerprint density at radius 3 is 2.71 bits per heavy atom. The Bertz CT molecular complexity index is 519. The number of ether oxygens (including phenoxy) is 1. The van der Waals surface area contributed by atoms with Gasteiger partial charge in [0, 0.05) is 26.1 Å². The van der Waals surface area contributed by atoms with Crippen molar-refractivity contribution in [1.82, 2.24) is 10.2 Å². The fraction of sp³-hybridized carbons (Fsp3) is 0.667. The molecule has 0 amide bonds. The molecule has 2 rings (SSSR count). The zero-order chi connectivity index (χ0) is 15.4. The first kappa shape index (κ1) is 15.7. The number of hydrogen-bond donors (Lipinski definition) is 1. The Balaban J connectivity index is 2.38. The lowest BCUT2D eigenvalue weighted by atomic mass is 10.0. The highest BCUT2D eigenvalue weighted by atomic mass is 16.5. The molecule has 0 bridgehead atoms. The summed E-state index contributed by atoms with van der Waals surface area (Å²) in [5.74, 6) is 0.0196. The molecule has 1 aliphatic rings. The molecule has 116 valence electrons. The number of methoxy groups -OCH3 is 1. The summed E-state index contributed by atoms with van der Waals surface area (Å²) < 4.78 is 5.19. The van der Waals surface area contributed by atoms with Crippen LogP contribution in [0.4, 0.5) is 5.82 Å². The number of nitrogens with zero attached hydrogens (tertiary/aromatic N) is 3. The molecule has 21 heavy (non-hydrogen) atoms. The van der Waals surface area contributed by atoms with Crippen molar-refractivity contribution >= 4 is 11.8 Å². The number of aromatic nitrogens is 2.